The van der Waals surface area contributed by atoms with Gasteiger partial charge in [0.2, 0.25) is 5.82 Å². The summed E-state index contributed by atoms with van der Waals surface area (Å²) in [5.41, 5.74) is 2.26. The second kappa shape index (κ2) is 5.70. The number of rotatable bonds is 2. The highest BCUT2D eigenvalue weighted by Crippen LogP contribution is 2.24. The van der Waals surface area contributed by atoms with Crippen LogP contribution in [-0.2, 0) is 7.05 Å². The second-order valence-corrected chi connectivity index (χ2v) is 6.20. The molecular formula is C15H12BrClN4O. The highest BCUT2D eigenvalue weighted by atomic mass is 79.9. The SMILES string of the molecule is Cc1cc(-c2ccc(Br)cc2)n(-c2nc(Cl)cn(C)c2=O)n1. The molecule has 7 heteroatoms. The molecule has 2 aromatic heterocycles. The lowest BCUT2D eigenvalue weighted by Crippen LogP contribution is -2.24. The van der Waals surface area contributed by atoms with Crippen LogP contribution in [0.5, 0.6) is 0 Å². The van der Waals surface area contributed by atoms with E-state index in [2.05, 4.69) is 26.0 Å². The number of hydrogen-bond acceptors (Lipinski definition) is 3. The minimum absolute atomic E-state index is 0.181. The van der Waals surface area contributed by atoms with Crippen molar-refractivity contribution in [3.63, 3.8) is 0 Å². The van der Waals surface area contributed by atoms with Gasteiger partial charge in [-0.15, -0.1) is 0 Å². The van der Waals surface area contributed by atoms with Gasteiger partial charge >= 0.3 is 0 Å². The number of aromatic nitrogens is 4. The molecule has 0 aliphatic heterocycles. The molecule has 22 heavy (non-hydrogen) atoms. The number of benzene rings is 1. The highest BCUT2D eigenvalue weighted by Gasteiger charge is 2.15. The zero-order valence-electron chi connectivity index (χ0n) is 11.9. The van der Waals surface area contributed by atoms with Crippen molar-refractivity contribution in [3.05, 3.63) is 62.2 Å². The maximum absolute atomic E-state index is 12.3. The van der Waals surface area contributed by atoms with E-state index in [0.717, 1.165) is 21.4 Å². The van der Waals surface area contributed by atoms with Crippen LogP contribution in [0.3, 0.4) is 0 Å². The van der Waals surface area contributed by atoms with Crippen molar-refractivity contribution in [2.45, 2.75) is 6.92 Å². The number of hydrogen-bond donors (Lipinski definition) is 0. The van der Waals surface area contributed by atoms with E-state index in [0.29, 0.717) is 0 Å². The largest absolute Gasteiger partial charge is 0.312 e. The first-order valence-corrected chi connectivity index (χ1v) is 7.69. The Morgan fingerprint density at radius 2 is 1.91 bits per heavy atom. The first kappa shape index (κ1) is 15.0. The summed E-state index contributed by atoms with van der Waals surface area (Å²) in [5.74, 6) is 0.181. The van der Waals surface area contributed by atoms with Crippen molar-refractivity contribution in [2.75, 3.05) is 0 Å². The van der Waals surface area contributed by atoms with Crippen LogP contribution in [0.1, 0.15) is 5.69 Å². The first-order chi connectivity index (χ1) is 10.5. The standard InChI is InChI=1S/C15H12BrClN4O/c1-9-7-12(10-3-5-11(16)6-4-10)21(19-9)14-15(22)20(2)8-13(17)18-14/h3-8H,1-2H3. The highest BCUT2D eigenvalue weighted by molar-refractivity contribution is 9.10. The molecule has 0 saturated heterocycles. The average Bonchev–Trinajstić information content (AvgIpc) is 2.85. The van der Waals surface area contributed by atoms with Gasteiger partial charge in [-0.2, -0.15) is 5.10 Å². The molecule has 5 nitrogen and oxygen atoms in total. The Bertz CT molecular complexity index is 899. The predicted molar refractivity (Wildman–Crippen MR) is 89.5 cm³/mol. The fourth-order valence-electron chi connectivity index (χ4n) is 2.18. The van der Waals surface area contributed by atoms with Gasteiger partial charge in [0.05, 0.1) is 11.4 Å². The summed E-state index contributed by atoms with van der Waals surface area (Å²) >= 11 is 9.39. The summed E-state index contributed by atoms with van der Waals surface area (Å²) in [4.78, 5) is 16.5. The summed E-state index contributed by atoms with van der Waals surface area (Å²) in [6.07, 6.45) is 1.48. The first-order valence-electron chi connectivity index (χ1n) is 6.52. The van der Waals surface area contributed by atoms with Gasteiger partial charge in [-0.3, -0.25) is 4.79 Å². The summed E-state index contributed by atoms with van der Waals surface area (Å²) in [6, 6.07) is 9.68. The molecule has 0 atom stereocenters. The summed E-state index contributed by atoms with van der Waals surface area (Å²) in [7, 11) is 1.63. The van der Waals surface area contributed by atoms with E-state index in [-0.39, 0.29) is 16.5 Å². The van der Waals surface area contributed by atoms with Gasteiger partial charge in [0, 0.05) is 23.3 Å². The maximum atomic E-state index is 12.3. The van der Waals surface area contributed by atoms with Crippen LogP contribution in [0, 0.1) is 6.92 Å². The average molecular weight is 380 g/mol. The van der Waals surface area contributed by atoms with Crippen LogP contribution in [0.15, 0.2) is 45.8 Å². The monoisotopic (exact) mass is 378 g/mol. The molecular weight excluding hydrogens is 368 g/mol. The minimum Gasteiger partial charge on any atom is -0.312 e. The molecule has 0 unspecified atom stereocenters. The van der Waals surface area contributed by atoms with Crippen LogP contribution in [0.2, 0.25) is 5.15 Å². The molecule has 112 valence electrons. The quantitative estimate of drug-likeness (QED) is 0.686. The summed E-state index contributed by atoms with van der Waals surface area (Å²) < 4.78 is 3.91. The zero-order valence-corrected chi connectivity index (χ0v) is 14.3. The fourth-order valence-corrected chi connectivity index (χ4v) is 2.67. The van der Waals surface area contributed by atoms with Crippen molar-refractivity contribution >= 4 is 27.5 Å². The van der Waals surface area contributed by atoms with Crippen molar-refractivity contribution in [1.82, 2.24) is 19.3 Å². The Kier molecular flexibility index (Phi) is 3.88. The Labute approximate surface area is 140 Å². The van der Waals surface area contributed by atoms with E-state index in [1.165, 1.54) is 15.4 Å². The normalized spacial score (nSPS) is 10.9. The van der Waals surface area contributed by atoms with Crippen LogP contribution in [0.25, 0.3) is 17.1 Å². The molecule has 0 amide bonds. The van der Waals surface area contributed by atoms with Gasteiger partial charge in [-0.05, 0) is 25.1 Å². The maximum Gasteiger partial charge on any atom is 0.295 e. The molecule has 0 radical (unpaired) electrons. The van der Waals surface area contributed by atoms with Gasteiger partial charge < -0.3 is 4.57 Å². The van der Waals surface area contributed by atoms with E-state index in [1.807, 2.05) is 37.3 Å². The molecule has 0 saturated carbocycles. The van der Waals surface area contributed by atoms with Crippen LogP contribution in [0.4, 0.5) is 0 Å². The van der Waals surface area contributed by atoms with Gasteiger partial charge in [0.1, 0.15) is 5.15 Å². The molecule has 0 bridgehead atoms. The van der Waals surface area contributed by atoms with Gasteiger partial charge in [0.15, 0.2) is 0 Å². The van der Waals surface area contributed by atoms with E-state index >= 15 is 0 Å². The predicted octanol–water partition coefficient (Wildman–Crippen LogP) is 3.36. The van der Waals surface area contributed by atoms with Crippen molar-refractivity contribution in [3.8, 4) is 17.1 Å². The second-order valence-electron chi connectivity index (χ2n) is 4.89. The lowest BCUT2D eigenvalue weighted by atomic mass is 10.1. The van der Waals surface area contributed by atoms with E-state index in [9.17, 15) is 4.79 Å². The van der Waals surface area contributed by atoms with Crippen LogP contribution in [-0.4, -0.2) is 19.3 Å². The molecule has 3 aromatic rings. The smallest absolute Gasteiger partial charge is 0.295 e. The van der Waals surface area contributed by atoms with Crippen molar-refractivity contribution < 1.29 is 0 Å². The van der Waals surface area contributed by atoms with Gasteiger partial charge in [0.25, 0.3) is 5.56 Å². The van der Waals surface area contributed by atoms with Crippen molar-refractivity contribution in [1.29, 1.82) is 0 Å². The van der Waals surface area contributed by atoms with E-state index in [1.54, 1.807) is 7.05 Å². The third-order valence-corrected chi connectivity index (χ3v) is 3.91. The van der Waals surface area contributed by atoms with Gasteiger partial charge in [-0.25, -0.2) is 9.67 Å². The molecule has 0 N–H and O–H groups in total. The Morgan fingerprint density at radius 3 is 2.59 bits per heavy atom. The Morgan fingerprint density at radius 1 is 1.23 bits per heavy atom. The lowest BCUT2D eigenvalue weighted by molar-refractivity contribution is 0.765. The Hall–Kier alpha value is -1.92. The van der Waals surface area contributed by atoms with Crippen molar-refractivity contribution in [2.24, 2.45) is 7.05 Å². The van der Waals surface area contributed by atoms with E-state index in [4.69, 9.17) is 11.6 Å². The summed E-state index contributed by atoms with van der Waals surface area (Å²) in [5, 5.41) is 4.64. The molecule has 0 aliphatic rings. The molecule has 1 aromatic carbocycles. The van der Waals surface area contributed by atoms with E-state index < -0.39 is 0 Å². The molecule has 0 fully saturated rings. The molecule has 2 heterocycles. The van der Waals surface area contributed by atoms with Gasteiger partial charge in [-0.1, -0.05) is 39.7 Å². The summed E-state index contributed by atoms with van der Waals surface area (Å²) in [6.45, 7) is 1.87. The molecule has 0 aliphatic carbocycles. The Balaban J connectivity index is 2.25. The zero-order chi connectivity index (χ0) is 15.9. The molecule has 0 spiro atoms. The lowest BCUT2D eigenvalue weighted by Gasteiger charge is -2.08. The minimum atomic E-state index is -0.258. The third-order valence-electron chi connectivity index (χ3n) is 3.20. The van der Waals surface area contributed by atoms with Crippen LogP contribution < -0.4 is 5.56 Å². The number of nitrogens with zero attached hydrogens (tertiary/aromatic N) is 4. The fraction of sp³-hybridized carbons (Fsp3) is 0.133. The van der Waals surface area contributed by atoms with Crippen LogP contribution >= 0.6 is 27.5 Å². The number of halogens is 2. The topological polar surface area (TPSA) is 52.7 Å². The molecule has 3 rings (SSSR count). The number of aryl methyl sites for hydroxylation is 2. The third kappa shape index (κ3) is 2.71.